The van der Waals surface area contributed by atoms with E-state index in [2.05, 4.69) is 67.2 Å². The molecule has 0 saturated carbocycles. The molecule has 19 heteroatoms. The van der Waals surface area contributed by atoms with Crippen LogP contribution in [0.25, 0.3) is 11.3 Å². The number of carbonyl (C=O) groups excluding carboxylic acids is 4. The number of rotatable bonds is 12. The third-order valence-corrected chi connectivity index (χ3v) is 15.9. The zero-order chi connectivity index (χ0) is 54.2. The number of nitrogens with zero attached hydrogens (tertiary/aromatic N) is 10. The van der Waals surface area contributed by atoms with Crippen molar-refractivity contribution in [1.82, 2.24) is 29.0 Å². The van der Waals surface area contributed by atoms with Crippen molar-refractivity contribution in [2.45, 2.75) is 91.1 Å². The quantitative estimate of drug-likeness (QED) is 0.0773. The Morgan fingerprint density at radius 1 is 0.857 bits per heavy atom. The molecule has 1 aliphatic carbocycles. The van der Waals surface area contributed by atoms with Gasteiger partial charge in [0.25, 0.3) is 23.3 Å². The molecular formula is C58H64N12O7. The Morgan fingerprint density at radius 3 is 2.36 bits per heavy atom. The number of amides is 4. The Morgan fingerprint density at radius 2 is 1.62 bits per heavy atom. The number of aromatic nitrogens is 5. The van der Waals surface area contributed by atoms with Gasteiger partial charge in [-0.05, 0) is 124 Å². The second-order valence-electron chi connectivity index (χ2n) is 22.3. The topological polar surface area (TPSA) is 215 Å². The highest BCUT2D eigenvalue weighted by molar-refractivity contribution is 6.34. The molecule has 1 unspecified atom stereocenters. The minimum Gasteiger partial charge on any atom is -0.392 e. The van der Waals surface area contributed by atoms with Crippen molar-refractivity contribution in [2.75, 3.05) is 69.5 Å². The first kappa shape index (κ1) is 51.1. The number of piperidine rings is 1. The zero-order valence-electron chi connectivity index (χ0n) is 44.3. The third kappa shape index (κ3) is 9.35. The van der Waals surface area contributed by atoms with Crippen LogP contribution in [0.3, 0.4) is 0 Å². The van der Waals surface area contributed by atoms with Gasteiger partial charge in [-0.2, -0.15) is 0 Å². The van der Waals surface area contributed by atoms with Crippen LogP contribution >= 0.6 is 0 Å². The van der Waals surface area contributed by atoms with Crippen LogP contribution in [0.5, 0.6) is 0 Å². The van der Waals surface area contributed by atoms with Crippen molar-refractivity contribution in [2.24, 2.45) is 12.5 Å². The molecular weight excluding hydrogens is 977 g/mol. The van der Waals surface area contributed by atoms with Crippen molar-refractivity contribution in [3.05, 3.63) is 142 Å². The number of piperazine rings is 1. The van der Waals surface area contributed by atoms with Crippen molar-refractivity contribution < 1.29 is 29.4 Å². The first-order valence-electron chi connectivity index (χ1n) is 26.3. The molecule has 2 aromatic carbocycles. The summed E-state index contributed by atoms with van der Waals surface area (Å²) in [5.41, 5.74) is 7.05. The highest BCUT2D eigenvalue weighted by Crippen LogP contribution is 2.41. The maximum atomic E-state index is 14.1. The summed E-state index contributed by atoms with van der Waals surface area (Å²) in [5.74, 6) is -1.01. The average Bonchev–Trinajstić information content (AvgIpc) is 4.12. The van der Waals surface area contributed by atoms with Crippen LogP contribution in [-0.4, -0.2) is 114 Å². The summed E-state index contributed by atoms with van der Waals surface area (Å²) in [5, 5.41) is 27.6. The number of imide groups is 1. The van der Waals surface area contributed by atoms with Crippen molar-refractivity contribution in [1.29, 1.82) is 0 Å². The molecule has 4 aromatic heterocycles. The minimum absolute atomic E-state index is 0.0213. The molecule has 1 atom stereocenters. The minimum atomic E-state index is -1.24. The van der Waals surface area contributed by atoms with Crippen molar-refractivity contribution in [3.8, 4) is 11.3 Å². The molecule has 2 fully saturated rings. The average molecular weight is 1040 g/mol. The van der Waals surface area contributed by atoms with Crippen LogP contribution in [0.2, 0.25) is 0 Å². The van der Waals surface area contributed by atoms with Crippen LogP contribution in [0.1, 0.15) is 101 Å². The van der Waals surface area contributed by atoms with E-state index in [1.807, 2.05) is 30.3 Å². The van der Waals surface area contributed by atoms with Gasteiger partial charge in [0.05, 0.1) is 46.2 Å². The second-order valence-corrected chi connectivity index (χ2v) is 22.3. The van der Waals surface area contributed by atoms with E-state index in [1.165, 1.54) is 28.1 Å². The lowest BCUT2D eigenvalue weighted by atomic mass is 9.90. The number of benzene rings is 2. The van der Waals surface area contributed by atoms with Gasteiger partial charge in [0.2, 0.25) is 5.91 Å². The molecule has 5 aliphatic rings. The van der Waals surface area contributed by atoms with Gasteiger partial charge in [-0.25, -0.2) is 14.9 Å². The fourth-order valence-electron chi connectivity index (χ4n) is 12.0. The summed E-state index contributed by atoms with van der Waals surface area (Å²) < 4.78 is 3.55. The third-order valence-electron chi connectivity index (χ3n) is 15.9. The number of nitrogens with one attached hydrogen (secondary N) is 2. The lowest BCUT2D eigenvalue weighted by molar-refractivity contribution is -0.111. The molecule has 2 saturated heterocycles. The van der Waals surface area contributed by atoms with Gasteiger partial charge in [-0.1, -0.05) is 20.4 Å². The van der Waals surface area contributed by atoms with Crippen LogP contribution in [0.4, 0.5) is 40.1 Å². The molecule has 11 rings (SSSR count). The lowest BCUT2D eigenvalue weighted by Crippen LogP contribution is -2.57. The summed E-state index contributed by atoms with van der Waals surface area (Å²) in [7, 11) is 1.63. The Balaban J connectivity index is 0.765. The maximum absolute atomic E-state index is 14.1. The van der Waals surface area contributed by atoms with E-state index in [4.69, 9.17) is 4.98 Å². The molecule has 398 valence electrons. The number of hydrogen-bond donors (Lipinski definition) is 4. The Hall–Kier alpha value is -8.00. The first-order chi connectivity index (χ1) is 36.8. The Labute approximate surface area is 446 Å². The summed E-state index contributed by atoms with van der Waals surface area (Å²) in [6.45, 7) is 17.9. The second kappa shape index (κ2) is 19.5. The number of fused-ring (bicyclic) bond motifs is 4. The van der Waals surface area contributed by atoms with E-state index in [-0.39, 0.29) is 29.1 Å². The van der Waals surface area contributed by atoms with E-state index < -0.39 is 29.6 Å². The Kier molecular flexibility index (Phi) is 13.0. The van der Waals surface area contributed by atoms with Gasteiger partial charge < -0.3 is 39.8 Å². The zero-order valence-corrected chi connectivity index (χ0v) is 44.3. The molecule has 0 bridgehead atoms. The van der Waals surface area contributed by atoms with Crippen molar-refractivity contribution >= 4 is 63.7 Å². The van der Waals surface area contributed by atoms with E-state index in [1.54, 1.807) is 68.5 Å². The first-order valence-corrected chi connectivity index (χ1v) is 26.3. The van der Waals surface area contributed by atoms with Crippen LogP contribution in [0.15, 0.2) is 96.7 Å². The number of anilines is 7. The fraction of sp³-hybridized carbons (Fsp3) is 0.379. The SMILES string of the molecule is C=CC(=O)Nc1cc(Nc2nc(-c3ccnc(N4CCn5c(cc6c5CC(C)(C)C6)C4=O)c3CO)cn(C)c2=O)ccc1N1CCN(C2CCN(c3ccc4c(c3)C(=O)N(c3ccnc(C(C)(C)O)c3)C4=O)CC2)CC1C. The molecule has 4 N–H and O–H groups in total. The van der Waals surface area contributed by atoms with E-state index in [0.29, 0.717) is 87.9 Å². The summed E-state index contributed by atoms with van der Waals surface area (Å²) in [6.07, 6.45) is 9.54. The lowest BCUT2D eigenvalue weighted by Gasteiger charge is -2.47. The number of aliphatic hydroxyl groups is 2. The molecule has 0 radical (unpaired) electrons. The number of hydrogen-bond acceptors (Lipinski definition) is 14. The highest BCUT2D eigenvalue weighted by atomic mass is 16.3. The van der Waals surface area contributed by atoms with Gasteiger partial charge in [-0.3, -0.25) is 38.8 Å². The van der Waals surface area contributed by atoms with Gasteiger partial charge in [-0.15, -0.1) is 0 Å². The summed E-state index contributed by atoms with van der Waals surface area (Å²) in [6, 6.07) is 18.3. The van der Waals surface area contributed by atoms with Crippen LogP contribution < -0.4 is 35.8 Å². The molecule has 6 aromatic rings. The Bertz CT molecular complexity index is 3480. The predicted molar refractivity (Wildman–Crippen MR) is 295 cm³/mol. The fourth-order valence-corrected chi connectivity index (χ4v) is 12.0. The summed E-state index contributed by atoms with van der Waals surface area (Å²) in [4.78, 5) is 91.5. The standard InChI is InChI=1S/C58H64N12O7/c1-8-50(72)62-44-26-36(61-51-56(76)64(7)32-45(63-51)40-14-18-60-52(43(40)33-71)69-24-23-68-47(55(69)75)25-35-29-57(3,4)30-48(35)68)9-12-46(44)67-22-21-66(31-34(67)2)37-15-19-65(20-16-37)38-10-11-41-42(27-38)54(74)70(53(41)73)39-13-17-59-49(28-39)58(5,6)77/h8-14,17-18,25-28,32,34,37,71,77H,1,15-16,19-24,29-31,33H2,2-7H3,(H,61,63)(H,62,72). The van der Waals surface area contributed by atoms with E-state index in [0.717, 1.165) is 68.1 Å². The number of aryl methyl sites for hydroxylation is 1. The molecule has 8 heterocycles. The molecule has 4 amide bonds. The van der Waals surface area contributed by atoms with Crippen LogP contribution in [0, 0.1) is 5.41 Å². The smallest absolute Gasteiger partial charge is 0.293 e. The van der Waals surface area contributed by atoms with Gasteiger partial charge in [0.15, 0.2) is 5.82 Å². The van der Waals surface area contributed by atoms with Crippen LogP contribution in [-0.2, 0) is 43.4 Å². The van der Waals surface area contributed by atoms with Gasteiger partial charge in [0.1, 0.15) is 17.1 Å². The molecule has 4 aliphatic heterocycles. The largest absolute Gasteiger partial charge is 0.392 e. The normalized spacial score (nSPS) is 18.6. The number of aliphatic hydroxyl groups excluding tert-OH is 1. The number of carbonyl (C=O) groups is 4. The maximum Gasteiger partial charge on any atom is 0.293 e. The van der Waals surface area contributed by atoms with Crippen molar-refractivity contribution in [3.63, 3.8) is 0 Å². The predicted octanol–water partition coefficient (Wildman–Crippen LogP) is 6.39. The van der Waals surface area contributed by atoms with Gasteiger partial charge >= 0.3 is 0 Å². The molecule has 77 heavy (non-hydrogen) atoms. The monoisotopic (exact) mass is 1040 g/mol. The molecule has 0 spiro atoms. The van der Waals surface area contributed by atoms with Gasteiger partial charge in [0, 0.05) is 112 Å². The van der Waals surface area contributed by atoms with E-state index >= 15 is 0 Å². The summed E-state index contributed by atoms with van der Waals surface area (Å²) >= 11 is 0. The molecule has 19 nitrogen and oxygen atoms in total. The number of pyridine rings is 2. The highest BCUT2D eigenvalue weighted by Gasteiger charge is 2.40. The van der Waals surface area contributed by atoms with E-state index in [9.17, 15) is 34.2 Å².